The van der Waals surface area contributed by atoms with Crippen LogP contribution in [0.15, 0.2) is 24.3 Å². The zero-order valence-electron chi connectivity index (χ0n) is 15.2. The monoisotopic (exact) mass is 331 g/mol. The third kappa shape index (κ3) is 5.36. The first-order valence-electron chi connectivity index (χ1n) is 8.91. The van der Waals surface area contributed by atoms with Crippen LogP contribution in [0.4, 0.5) is 5.69 Å². The second-order valence-corrected chi connectivity index (χ2v) is 7.41. The van der Waals surface area contributed by atoms with Gasteiger partial charge in [0.05, 0.1) is 6.42 Å². The van der Waals surface area contributed by atoms with Crippen molar-refractivity contribution in [1.29, 1.82) is 0 Å². The fourth-order valence-electron chi connectivity index (χ4n) is 3.54. The van der Waals surface area contributed by atoms with Crippen LogP contribution >= 0.6 is 0 Å². The Balaban J connectivity index is 1.92. The Morgan fingerprint density at radius 1 is 1.21 bits per heavy atom. The molecule has 1 aliphatic rings. The van der Waals surface area contributed by atoms with E-state index in [-0.39, 0.29) is 24.4 Å². The molecule has 2 rings (SSSR count). The summed E-state index contributed by atoms with van der Waals surface area (Å²) in [4.78, 5) is 23.4. The lowest BCUT2D eigenvalue weighted by Gasteiger charge is -2.36. The van der Waals surface area contributed by atoms with E-state index in [9.17, 15) is 9.59 Å². The van der Waals surface area contributed by atoms with E-state index in [1.165, 1.54) is 13.3 Å². The number of carbonyl (C=O) groups excluding carboxylic acids is 2. The third-order valence-corrected chi connectivity index (χ3v) is 4.87. The maximum atomic E-state index is 12.3. The molecule has 1 aliphatic carbocycles. The summed E-state index contributed by atoms with van der Waals surface area (Å²) in [5.41, 5.74) is 1.64. The van der Waals surface area contributed by atoms with Gasteiger partial charge >= 0.3 is 5.97 Å². The van der Waals surface area contributed by atoms with E-state index in [4.69, 9.17) is 4.74 Å². The number of hydrogen-bond donors (Lipinski definition) is 1. The molecule has 1 aromatic rings. The minimum absolute atomic E-state index is 0.0416. The molecule has 4 nitrogen and oxygen atoms in total. The summed E-state index contributed by atoms with van der Waals surface area (Å²) < 4.78 is 5.83. The summed E-state index contributed by atoms with van der Waals surface area (Å²) in [7, 11) is 0. The molecule has 0 radical (unpaired) electrons. The van der Waals surface area contributed by atoms with Gasteiger partial charge in [0.2, 0.25) is 5.91 Å². The predicted molar refractivity (Wildman–Crippen MR) is 95.7 cm³/mol. The van der Waals surface area contributed by atoms with Gasteiger partial charge in [-0.15, -0.1) is 0 Å². The van der Waals surface area contributed by atoms with E-state index in [0.29, 0.717) is 17.8 Å². The molecule has 0 heterocycles. The first-order valence-corrected chi connectivity index (χ1v) is 8.91. The van der Waals surface area contributed by atoms with Gasteiger partial charge in [-0.25, -0.2) is 0 Å². The molecule has 3 atom stereocenters. The van der Waals surface area contributed by atoms with Crippen LogP contribution in [-0.4, -0.2) is 18.0 Å². The van der Waals surface area contributed by atoms with E-state index in [1.54, 1.807) is 0 Å². The van der Waals surface area contributed by atoms with E-state index in [2.05, 4.69) is 26.1 Å². The summed E-state index contributed by atoms with van der Waals surface area (Å²) in [5.74, 6) is 1.36. The molecule has 0 bridgehead atoms. The minimum Gasteiger partial charge on any atom is -0.462 e. The van der Waals surface area contributed by atoms with Crippen LogP contribution in [0.2, 0.25) is 0 Å². The van der Waals surface area contributed by atoms with E-state index >= 15 is 0 Å². The van der Waals surface area contributed by atoms with Crippen molar-refractivity contribution in [2.45, 2.75) is 59.5 Å². The van der Waals surface area contributed by atoms with Gasteiger partial charge in [0.1, 0.15) is 6.10 Å². The summed E-state index contributed by atoms with van der Waals surface area (Å²) in [6, 6.07) is 7.33. The molecule has 0 aromatic heterocycles. The summed E-state index contributed by atoms with van der Waals surface area (Å²) in [6.45, 7) is 8.13. The maximum Gasteiger partial charge on any atom is 0.310 e. The van der Waals surface area contributed by atoms with Crippen molar-refractivity contribution in [2.75, 3.05) is 5.32 Å². The molecule has 1 aromatic carbocycles. The third-order valence-electron chi connectivity index (χ3n) is 4.87. The molecule has 0 spiro atoms. The number of hydrogen-bond acceptors (Lipinski definition) is 3. The van der Waals surface area contributed by atoms with Gasteiger partial charge in [0.15, 0.2) is 0 Å². The van der Waals surface area contributed by atoms with Gasteiger partial charge in [-0.1, -0.05) is 39.3 Å². The number of amides is 1. The highest BCUT2D eigenvalue weighted by Crippen LogP contribution is 2.35. The quantitative estimate of drug-likeness (QED) is 0.823. The van der Waals surface area contributed by atoms with Crippen molar-refractivity contribution in [3.05, 3.63) is 29.8 Å². The fourth-order valence-corrected chi connectivity index (χ4v) is 3.54. The lowest BCUT2D eigenvalue weighted by molar-refractivity contribution is -0.155. The molecule has 0 aliphatic heterocycles. The number of rotatable bonds is 5. The van der Waals surface area contributed by atoms with Gasteiger partial charge in [-0.3, -0.25) is 9.59 Å². The second-order valence-electron chi connectivity index (χ2n) is 7.41. The van der Waals surface area contributed by atoms with Crippen LogP contribution < -0.4 is 5.32 Å². The molecule has 132 valence electrons. The van der Waals surface area contributed by atoms with Crippen LogP contribution in [0.3, 0.4) is 0 Å². The molecule has 1 fully saturated rings. The minimum atomic E-state index is -0.160. The Morgan fingerprint density at radius 2 is 1.88 bits per heavy atom. The van der Waals surface area contributed by atoms with Crippen LogP contribution in [0, 0.1) is 17.8 Å². The summed E-state index contributed by atoms with van der Waals surface area (Å²) in [5, 5.41) is 2.72. The summed E-state index contributed by atoms with van der Waals surface area (Å²) >= 11 is 0. The molecule has 1 amide bonds. The fraction of sp³-hybridized carbons (Fsp3) is 0.600. The second kappa shape index (κ2) is 8.32. The average molecular weight is 331 g/mol. The van der Waals surface area contributed by atoms with Gasteiger partial charge in [0, 0.05) is 12.6 Å². The molecule has 24 heavy (non-hydrogen) atoms. The Bertz CT molecular complexity index is 565. The van der Waals surface area contributed by atoms with E-state index < -0.39 is 0 Å². The molecule has 0 saturated heterocycles. The Hall–Kier alpha value is -1.84. The zero-order valence-corrected chi connectivity index (χ0v) is 15.2. The maximum absolute atomic E-state index is 12.3. The van der Waals surface area contributed by atoms with Crippen molar-refractivity contribution >= 4 is 17.6 Å². The molecule has 1 N–H and O–H groups in total. The number of esters is 1. The molecule has 1 saturated carbocycles. The highest BCUT2D eigenvalue weighted by Gasteiger charge is 2.33. The largest absolute Gasteiger partial charge is 0.462 e. The van der Waals surface area contributed by atoms with Crippen molar-refractivity contribution in [2.24, 2.45) is 17.8 Å². The van der Waals surface area contributed by atoms with Gasteiger partial charge < -0.3 is 10.1 Å². The zero-order chi connectivity index (χ0) is 17.7. The van der Waals surface area contributed by atoms with Crippen LogP contribution in [0.5, 0.6) is 0 Å². The van der Waals surface area contributed by atoms with Crippen molar-refractivity contribution in [1.82, 2.24) is 0 Å². The van der Waals surface area contributed by atoms with Crippen molar-refractivity contribution < 1.29 is 14.3 Å². The van der Waals surface area contributed by atoms with Gasteiger partial charge in [0.25, 0.3) is 0 Å². The van der Waals surface area contributed by atoms with Crippen LogP contribution in [-0.2, 0) is 20.7 Å². The van der Waals surface area contributed by atoms with Gasteiger partial charge in [-0.05, 0) is 48.3 Å². The predicted octanol–water partition coefficient (Wildman–Crippen LogP) is 4.19. The Kier molecular flexibility index (Phi) is 6.41. The summed E-state index contributed by atoms with van der Waals surface area (Å²) in [6.07, 6.45) is 3.65. The molecular weight excluding hydrogens is 302 g/mol. The topological polar surface area (TPSA) is 55.4 Å². The van der Waals surface area contributed by atoms with E-state index in [1.807, 2.05) is 24.3 Å². The number of carbonyl (C=O) groups is 2. The lowest BCUT2D eigenvalue weighted by atomic mass is 9.75. The number of anilines is 1. The molecular formula is C20H29NO3. The molecule has 4 heteroatoms. The smallest absolute Gasteiger partial charge is 0.310 e. The van der Waals surface area contributed by atoms with Gasteiger partial charge in [-0.2, -0.15) is 0 Å². The Labute approximate surface area is 145 Å². The Morgan fingerprint density at radius 3 is 2.46 bits per heavy atom. The highest BCUT2D eigenvalue weighted by molar-refractivity contribution is 5.88. The van der Waals surface area contributed by atoms with Crippen molar-refractivity contribution in [3.8, 4) is 0 Å². The number of nitrogens with one attached hydrogen (secondary N) is 1. The van der Waals surface area contributed by atoms with Crippen molar-refractivity contribution in [3.63, 3.8) is 0 Å². The lowest BCUT2D eigenvalue weighted by Crippen LogP contribution is -2.36. The van der Waals surface area contributed by atoms with E-state index in [0.717, 1.165) is 24.1 Å². The first kappa shape index (κ1) is 18.5. The van der Waals surface area contributed by atoms with Crippen LogP contribution in [0.1, 0.15) is 52.5 Å². The molecule has 3 unspecified atom stereocenters. The number of ether oxygens (including phenoxy) is 1. The average Bonchev–Trinajstić information content (AvgIpc) is 2.48. The highest BCUT2D eigenvalue weighted by atomic mass is 16.5. The normalized spacial score (nSPS) is 23.8. The standard InChI is InChI=1S/C20H29NO3/c1-13(2)18-10-5-14(3)11-19(18)24-20(23)12-16-6-8-17(9-7-16)21-15(4)22/h6-9,13-14,18-19H,5,10-12H2,1-4H3,(H,21,22). The first-order chi connectivity index (χ1) is 11.3. The SMILES string of the molecule is CC(=O)Nc1ccc(CC(=O)OC2CC(C)CCC2C(C)C)cc1. The number of benzene rings is 1. The van der Waals surface area contributed by atoms with Crippen LogP contribution in [0.25, 0.3) is 0 Å².